The maximum absolute atomic E-state index is 5.79. The van der Waals surface area contributed by atoms with Crippen molar-refractivity contribution < 1.29 is 4.74 Å². The Balaban J connectivity index is 1.66. The van der Waals surface area contributed by atoms with E-state index < -0.39 is 0 Å². The Morgan fingerprint density at radius 3 is 3.00 bits per heavy atom. The van der Waals surface area contributed by atoms with Gasteiger partial charge >= 0.3 is 0 Å². The van der Waals surface area contributed by atoms with Crippen molar-refractivity contribution in [2.75, 3.05) is 33.3 Å². The lowest BCUT2D eigenvalue weighted by Crippen LogP contribution is -2.47. The van der Waals surface area contributed by atoms with Gasteiger partial charge in [-0.05, 0) is 25.8 Å². The van der Waals surface area contributed by atoms with Gasteiger partial charge in [-0.15, -0.1) is 0 Å². The highest BCUT2D eigenvalue weighted by Crippen LogP contribution is 2.26. The quantitative estimate of drug-likeness (QED) is 0.812. The smallest absolute Gasteiger partial charge is 0.0826 e. The van der Waals surface area contributed by atoms with Crippen LogP contribution in [-0.4, -0.2) is 50.3 Å². The molecule has 3 atom stereocenters. The first-order valence-electron chi connectivity index (χ1n) is 7.31. The van der Waals surface area contributed by atoms with E-state index >= 15 is 0 Å². The molecule has 2 rings (SSSR count). The second kappa shape index (κ2) is 6.72. The van der Waals surface area contributed by atoms with E-state index in [0.29, 0.717) is 6.10 Å². The molecular weight excluding hydrogens is 212 g/mol. The van der Waals surface area contributed by atoms with Crippen LogP contribution in [0.4, 0.5) is 0 Å². The molecule has 3 heteroatoms. The summed E-state index contributed by atoms with van der Waals surface area (Å²) in [6, 6.07) is 0.740. The number of morpholine rings is 1. The molecule has 1 N–H and O–H groups in total. The van der Waals surface area contributed by atoms with E-state index in [2.05, 4.69) is 24.2 Å². The van der Waals surface area contributed by atoms with Gasteiger partial charge < -0.3 is 15.0 Å². The third-order valence-electron chi connectivity index (χ3n) is 4.34. The number of rotatable bonds is 4. The number of ether oxygens (including phenoxy) is 1. The summed E-state index contributed by atoms with van der Waals surface area (Å²) in [5.41, 5.74) is 0. The van der Waals surface area contributed by atoms with Crippen LogP contribution in [0.5, 0.6) is 0 Å². The zero-order valence-corrected chi connectivity index (χ0v) is 11.5. The highest BCUT2D eigenvalue weighted by Gasteiger charge is 2.23. The molecule has 1 heterocycles. The lowest BCUT2D eigenvalue weighted by molar-refractivity contribution is -0.0200. The van der Waals surface area contributed by atoms with Gasteiger partial charge in [0, 0.05) is 25.7 Å². The summed E-state index contributed by atoms with van der Waals surface area (Å²) < 4.78 is 5.79. The third kappa shape index (κ3) is 4.23. The molecule has 1 aliphatic heterocycles. The average molecular weight is 240 g/mol. The number of hydrogen-bond donors (Lipinski definition) is 1. The summed E-state index contributed by atoms with van der Waals surface area (Å²) >= 11 is 0. The standard InChI is InChI=1S/C14H28N2O/c1-3-12-5-4-6-13(9-12)15-10-14-11-16(2)7-8-17-14/h12-15H,3-11H2,1-2H3. The summed E-state index contributed by atoms with van der Waals surface area (Å²) in [5.74, 6) is 0.955. The van der Waals surface area contributed by atoms with Crippen molar-refractivity contribution >= 4 is 0 Å². The molecule has 0 radical (unpaired) electrons. The van der Waals surface area contributed by atoms with Crippen LogP contribution in [0, 0.1) is 5.92 Å². The minimum atomic E-state index is 0.399. The highest BCUT2D eigenvalue weighted by molar-refractivity contribution is 4.80. The number of hydrogen-bond acceptors (Lipinski definition) is 3. The van der Waals surface area contributed by atoms with Crippen molar-refractivity contribution in [1.82, 2.24) is 10.2 Å². The van der Waals surface area contributed by atoms with Gasteiger partial charge in [0.05, 0.1) is 12.7 Å². The minimum Gasteiger partial charge on any atom is -0.374 e. The van der Waals surface area contributed by atoms with Gasteiger partial charge in [-0.25, -0.2) is 0 Å². The third-order valence-corrected chi connectivity index (χ3v) is 4.34. The zero-order valence-electron chi connectivity index (χ0n) is 11.5. The van der Waals surface area contributed by atoms with Crippen LogP contribution >= 0.6 is 0 Å². The fraction of sp³-hybridized carbons (Fsp3) is 1.00. The van der Waals surface area contributed by atoms with Crippen molar-refractivity contribution in [3.8, 4) is 0 Å². The van der Waals surface area contributed by atoms with Crippen LogP contribution < -0.4 is 5.32 Å². The molecule has 2 aliphatic rings. The normalized spacial score (nSPS) is 36.0. The topological polar surface area (TPSA) is 24.5 Å². The molecule has 3 unspecified atom stereocenters. The number of nitrogens with zero attached hydrogens (tertiary/aromatic N) is 1. The van der Waals surface area contributed by atoms with E-state index in [4.69, 9.17) is 4.74 Å². The van der Waals surface area contributed by atoms with Gasteiger partial charge in [0.1, 0.15) is 0 Å². The predicted octanol–water partition coefficient (Wildman–Crippen LogP) is 1.88. The van der Waals surface area contributed by atoms with Crippen molar-refractivity contribution in [1.29, 1.82) is 0 Å². The summed E-state index contributed by atoms with van der Waals surface area (Å²) in [4.78, 5) is 2.37. The van der Waals surface area contributed by atoms with Crippen LogP contribution in [-0.2, 0) is 4.74 Å². The maximum atomic E-state index is 5.79. The van der Waals surface area contributed by atoms with E-state index in [-0.39, 0.29) is 0 Å². The molecule has 0 aromatic rings. The van der Waals surface area contributed by atoms with E-state index in [1.807, 2.05) is 0 Å². The summed E-state index contributed by atoms with van der Waals surface area (Å²) in [6.07, 6.45) is 7.33. The fourth-order valence-electron chi connectivity index (χ4n) is 3.14. The second-order valence-electron chi connectivity index (χ2n) is 5.80. The van der Waals surface area contributed by atoms with Crippen molar-refractivity contribution in [2.24, 2.45) is 5.92 Å². The molecule has 1 saturated carbocycles. The molecule has 100 valence electrons. The Bertz CT molecular complexity index is 222. The Kier molecular flexibility index (Phi) is 5.26. The molecule has 2 fully saturated rings. The average Bonchev–Trinajstić information content (AvgIpc) is 2.37. The van der Waals surface area contributed by atoms with Gasteiger partial charge in [0.25, 0.3) is 0 Å². The van der Waals surface area contributed by atoms with Crippen LogP contribution in [0.15, 0.2) is 0 Å². The van der Waals surface area contributed by atoms with Crippen LogP contribution in [0.1, 0.15) is 39.0 Å². The van der Waals surface area contributed by atoms with Gasteiger partial charge in [0.15, 0.2) is 0 Å². The van der Waals surface area contributed by atoms with Gasteiger partial charge in [-0.3, -0.25) is 0 Å². The molecule has 0 spiro atoms. The maximum Gasteiger partial charge on any atom is 0.0826 e. The number of likely N-dealkylation sites (N-methyl/N-ethyl adjacent to an activating group) is 1. The van der Waals surface area contributed by atoms with E-state index in [1.165, 1.54) is 32.1 Å². The first-order valence-corrected chi connectivity index (χ1v) is 7.31. The monoisotopic (exact) mass is 240 g/mol. The van der Waals surface area contributed by atoms with Gasteiger partial charge in [0.2, 0.25) is 0 Å². The Hall–Kier alpha value is -0.120. The fourth-order valence-corrected chi connectivity index (χ4v) is 3.14. The first kappa shape index (κ1) is 13.3. The summed E-state index contributed by atoms with van der Waals surface area (Å²) in [6.45, 7) is 6.41. The van der Waals surface area contributed by atoms with E-state index in [0.717, 1.165) is 38.2 Å². The Labute approximate surface area is 106 Å². The van der Waals surface area contributed by atoms with Crippen LogP contribution in [0.2, 0.25) is 0 Å². The van der Waals surface area contributed by atoms with Crippen molar-refractivity contribution in [3.05, 3.63) is 0 Å². The van der Waals surface area contributed by atoms with Crippen molar-refractivity contribution in [3.63, 3.8) is 0 Å². The Morgan fingerprint density at radius 2 is 2.24 bits per heavy atom. The lowest BCUT2D eigenvalue weighted by Gasteiger charge is -2.33. The SMILES string of the molecule is CCC1CCCC(NCC2CN(C)CCO2)C1. The summed E-state index contributed by atoms with van der Waals surface area (Å²) in [7, 11) is 2.18. The summed E-state index contributed by atoms with van der Waals surface area (Å²) in [5, 5.41) is 3.72. The van der Waals surface area contributed by atoms with Crippen LogP contribution in [0.3, 0.4) is 0 Å². The zero-order chi connectivity index (χ0) is 12.1. The molecule has 0 amide bonds. The van der Waals surface area contributed by atoms with E-state index in [1.54, 1.807) is 0 Å². The van der Waals surface area contributed by atoms with Crippen molar-refractivity contribution in [2.45, 2.75) is 51.2 Å². The molecular formula is C14H28N2O. The molecule has 0 aromatic heterocycles. The van der Waals surface area contributed by atoms with Gasteiger partial charge in [-0.2, -0.15) is 0 Å². The molecule has 0 aromatic carbocycles. The molecule has 3 nitrogen and oxygen atoms in total. The first-order chi connectivity index (χ1) is 8.28. The minimum absolute atomic E-state index is 0.399. The van der Waals surface area contributed by atoms with E-state index in [9.17, 15) is 0 Å². The van der Waals surface area contributed by atoms with Gasteiger partial charge in [-0.1, -0.05) is 26.2 Å². The highest BCUT2D eigenvalue weighted by atomic mass is 16.5. The largest absolute Gasteiger partial charge is 0.374 e. The predicted molar refractivity (Wildman–Crippen MR) is 71.3 cm³/mol. The second-order valence-corrected chi connectivity index (χ2v) is 5.80. The number of nitrogens with one attached hydrogen (secondary N) is 1. The molecule has 1 saturated heterocycles. The Morgan fingerprint density at radius 1 is 1.35 bits per heavy atom. The molecule has 17 heavy (non-hydrogen) atoms. The molecule has 0 bridgehead atoms. The van der Waals surface area contributed by atoms with Crippen LogP contribution in [0.25, 0.3) is 0 Å². The molecule has 1 aliphatic carbocycles. The lowest BCUT2D eigenvalue weighted by atomic mass is 9.84.